The van der Waals surface area contributed by atoms with Crippen LogP contribution in [0.3, 0.4) is 0 Å². The number of nitrogens with one attached hydrogen (secondary N) is 2. The lowest BCUT2D eigenvalue weighted by Gasteiger charge is -2.16. The molecule has 1 aliphatic rings. The molecule has 0 saturated heterocycles. The zero-order valence-electron chi connectivity index (χ0n) is 17.0. The van der Waals surface area contributed by atoms with E-state index in [1.807, 2.05) is 0 Å². The quantitative estimate of drug-likeness (QED) is 0.491. The van der Waals surface area contributed by atoms with E-state index in [9.17, 15) is 26.4 Å². The molecule has 12 heteroatoms. The van der Waals surface area contributed by atoms with Gasteiger partial charge >= 0.3 is 12.1 Å². The van der Waals surface area contributed by atoms with Crippen molar-refractivity contribution in [1.29, 1.82) is 0 Å². The van der Waals surface area contributed by atoms with Crippen LogP contribution in [-0.4, -0.2) is 38.1 Å². The molecule has 0 radical (unpaired) electrons. The predicted molar refractivity (Wildman–Crippen MR) is 117 cm³/mol. The fraction of sp³-hybridized carbons (Fsp3) is 0.238. The minimum Gasteiger partial charge on any atom is -0.475 e. The SMILES string of the molecule is C=CCNC(=O)C1(c2ccc(NS(=O)(=O)c3ccc(Cl)cc3)cc2)CC1.O=C(O)C(F)(F)F. The van der Waals surface area contributed by atoms with Gasteiger partial charge in [0.1, 0.15) is 0 Å². The number of alkyl halides is 3. The number of aliphatic carboxylic acids is 1. The van der Waals surface area contributed by atoms with Gasteiger partial charge in [-0.2, -0.15) is 13.2 Å². The summed E-state index contributed by atoms with van der Waals surface area (Å²) in [6.45, 7) is 4.03. The zero-order chi connectivity index (χ0) is 24.9. The summed E-state index contributed by atoms with van der Waals surface area (Å²) in [6, 6.07) is 12.9. The lowest BCUT2D eigenvalue weighted by Crippen LogP contribution is -2.34. The average molecular weight is 505 g/mol. The van der Waals surface area contributed by atoms with Gasteiger partial charge < -0.3 is 10.4 Å². The van der Waals surface area contributed by atoms with Gasteiger partial charge in [-0.05, 0) is 54.8 Å². The molecule has 1 amide bonds. The first kappa shape index (κ1) is 26.2. The fourth-order valence-electron chi connectivity index (χ4n) is 2.79. The number of carbonyl (C=O) groups is 2. The van der Waals surface area contributed by atoms with E-state index in [-0.39, 0.29) is 10.8 Å². The van der Waals surface area contributed by atoms with Gasteiger partial charge in [0.25, 0.3) is 10.0 Å². The maximum absolute atomic E-state index is 12.4. The number of anilines is 1. The van der Waals surface area contributed by atoms with Crippen molar-refractivity contribution in [1.82, 2.24) is 5.32 Å². The first-order valence-electron chi connectivity index (χ1n) is 9.40. The summed E-state index contributed by atoms with van der Waals surface area (Å²) in [6.07, 6.45) is -1.87. The topological polar surface area (TPSA) is 113 Å². The first-order valence-corrected chi connectivity index (χ1v) is 11.3. The molecule has 0 unspecified atom stereocenters. The molecule has 3 N–H and O–H groups in total. The van der Waals surface area contributed by atoms with E-state index in [1.54, 1.807) is 30.3 Å². The second-order valence-corrected chi connectivity index (χ2v) is 9.14. The number of halogens is 4. The molecule has 1 saturated carbocycles. The second kappa shape index (κ2) is 10.3. The Labute approximate surface area is 193 Å². The molecule has 0 aromatic heterocycles. The van der Waals surface area contributed by atoms with Crippen LogP contribution >= 0.6 is 11.6 Å². The van der Waals surface area contributed by atoms with Crippen molar-refractivity contribution in [2.24, 2.45) is 0 Å². The minimum atomic E-state index is -5.08. The monoisotopic (exact) mass is 504 g/mol. The standard InChI is InChI=1S/C19H19ClN2O3S.C2HF3O2/c1-2-13-21-18(23)19(11-12-19)14-3-7-16(8-4-14)22-26(24,25)17-9-5-15(20)6-10-17;3-2(4,5)1(6)7/h2-10,22H,1,11-13H2,(H,21,23);(H,6,7). The molecule has 33 heavy (non-hydrogen) atoms. The van der Waals surface area contributed by atoms with Crippen molar-refractivity contribution in [2.45, 2.75) is 29.3 Å². The van der Waals surface area contributed by atoms with E-state index in [4.69, 9.17) is 21.5 Å². The van der Waals surface area contributed by atoms with Crippen molar-refractivity contribution < 1.29 is 36.3 Å². The largest absolute Gasteiger partial charge is 0.490 e. The normalized spacial score (nSPS) is 14.3. The van der Waals surface area contributed by atoms with Crippen molar-refractivity contribution in [3.63, 3.8) is 0 Å². The molecule has 0 heterocycles. The summed E-state index contributed by atoms with van der Waals surface area (Å²) in [5.74, 6) is -2.78. The van der Waals surface area contributed by atoms with Gasteiger partial charge in [-0.15, -0.1) is 6.58 Å². The molecule has 0 spiro atoms. The molecule has 3 rings (SSSR count). The summed E-state index contributed by atoms with van der Waals surface area (Å²) in [4.78, 5) is 21.4. The van der Waals surface area contributed by atoms with Crippen LogP contribution < -0.4 is 10.0 Å². The third-order valence-corrected chi connectivity index (χ3v) is 6.30. The van der Waals surface area contributed by atoms with Crippen molar-refractivity contribution in [3.05, 3.63) is 71.8 Å². The van der Waals surface area contributed by atoms with E-state index in [1.165, 1.54) is 24.3 Å². The summed E-state index contributed by atoms with van der Waals surface area (Å²) in [7, 11) is -3.69. The summed E-state index contributed by atoms with van der Waals surface area (Å²) < 4.78 is 59.1. The van der Waals surface area contributed by atoms with Gasteiger partial charge in [-0.3, -0.25) is 9.52 Å². The molecule has 1 fully saturated rings. The molecule has 7 nitrogen and oxygen atoms in total. The molecule has 0 aliphatic heterocycles. The Bertz CT molecular complexity index is 1110. The van der Waals surface area contributed by atoms with Gasteiger partial charge in [-0.25, -0.2) is 13.2 Å². The van der Waals surface area contributed by atoms with E-state index >= 15 is 0 Å². The Morgan fingerprint density at radius 2 is 1.61 bits per heavy atom. The Hall–Kier alpha value is -3.05. The van der Waals surface area contributed by atoms with E-state index in [2.05, 4.69) is 16.6 Å². The van der Waals surface area contributed by atoms with E-state index in [0.29, 0.717) is 17.3 Å². The van der Waals surface area contributed by atoms with Crippen LogP contribution in [0, 0.1) is 0 Å². The Balaban J connectivity index is 0.000000479. The van der Waals surface area contributed by atoms with Crippen LogP contribution in [0.25, 0.3) is 0 Å². The van der Waals surface area contributed by atoms with Gasteiger partial charge in [0, 0.05) is 17.3 Å². The highest BCUT2D eigenvalue weighted by molar-refractivity contribution is 7.92. The molecule has 2 aromatic carbocycles. The van der Waals surface area contributed by atoms with Crippen LogP contribution in [0.1, 0.15) is 18.4 Å². The lowest BCUT2D eigenvalue weighted by molar-refractivity contribution is -0.192. The maximum atomic E-state index is 12.4. The van der Waals surface area contributed by atoms with E-state index in [0.717, 1.165) is 18.4 Å². The highest BCUT2D eigenvalue weighted by atomic mass is 35.5. The second-order valence-electron chi connectivity index (χ2n) is 7.02. The van der Waals surface area contributed by atoms with Crippen molar-refractivity contribution in [3.8, 4) is 0 Å². The minimum absolute atomic E-state index is 0.0214. The number of amides is 1. The van der Waals surface area contributed by atoms with Crippen molar-refractivity contribution in [2.75, 3.05) is 11.3 Å². The molecule has 0 bridgehead atoms. The number of hydrogen-bond donors (Lipinski definition) is 3. The van der Waals surface area contributed by atoms with Crippen LogP contribution in [0.15, 0.2) is 66.1 Å². The fourth-order valence-corrected chi connectivity index (χ4v) is 3.98. The van der Waals surface area contributed by atoms with Gasteiger partial charge in [0.15, 0.2) is 0 Å². The van der Waals surface area contributed by atoms with Crippen LogP contribution in [0.5, 0.6) is 0 Å². The Morgan fingerprint density at radius 3 is 2.03 bits per heavy atom. The Kier molecular flexibility index (Phi) is 8.15. The van der Waals surface area contributed by atoms with Gasteiger partial charge in [0.05, 0.1) is 10.3 Å². The summed E-state index contributed by atoms with van der Waals surface area (Å²) in [5, 5.41) is 10.4. The van der Waals surface area contributed by atoms with Crippen molar-refractivity contribution >= 4 is 39.2 Å². The number of carbonyl (C=O) groups excluding carboxylic acids is 1. The maximum Gasteiger partial charge on any atom is 0.490 e. The average Bonchev–Trinajstić information content (AvgIpc) is 3.54. The number of sulfonamides is 1. The number of carboxylic acids is 1. The number of benzene rings is 2. The van der Waals surface area contributed by atoms with Gasteiger partial charge in [-0.1, -0.05) is 29.8 Å². The highest BCUT2D eigenvalue weighted by Gasteiger charge is 2.50. The molecule has 2 aromatic rings. The van der Waals surface area contributed by atoms with Crippen LogP contribution in [0.4, 0.5) is 18.9 Å². The zero-order valence-corrected chi connectivity index (χ0v) is 18.6. The Morgan fingerprint density at radius 1 is 1.09 bits per heavy atom. The highest BCUT2D eigenvalue weighted by Crippen LogP contribution is 2.48. The summed E-state index contributed by atoms with van der Waals surface area (Å²) >= 11 is 5.79. The smallest absolute Gasteiger partial charge is 0.475 e. The molecule has 1 aliphatic carbocycles. The third-order valence-electron chi connectivity index (χ3n) is 4.65. The van der Waals surface area contributed by atoms with Crippen LogP contribution in [-0.2, 0) is 25.0 Å². The first-order chi connectivity index (χ1) is 15.3. The van der Waals surface area contributed by atoms with E-state index < -0.39 is 27.6 Å². The third kappa shape index (κ3) is 6.96. The number of hydrogen-bond acceptors (Lipinski definition) is 4. The molecule has 0 atom stereocenters. The molecular formula is C21H20ClF3N2O5S. The summed E-state index contributed by atoms with van der Waals surface area (Å²) in [5.41, 5.74) is 0.816. The molecule has 178 valence electrons. The predicted octanol–water partition coefficient (Wildman–Crippen LogP) is 4.11. The van der Waals surface area contributed by atoms with Crippen LogP contribution in [0.2, 0.25) is 5.02 Å². The lowest BCUT2D eigenvalue weighted by atomic mass is 9.95. The van der Waals surface area contributed by atoms with Gasteiger partial charge in [0.2, 0.25) is 5.91 Å². The number of rotatable bonds is 7. The number of carboxylic acid groups (broad SMARTS) is 1. The molecular weight excluding hydrogens is 485 g/mol.